The third-order valence-electron chi connectivity index (χ3n) is 4.21. The lowest BCUT2D eigenvalue weighted by Crippen LogP contribution is -2.30. The summed E-state index contributed by atoms with van der Waals surface area (Å²) in [5, 5.41) is 1.06. The van der Waals surface area contributed by atoms with Gasteiger partial charge in [0.25, 0.3) is 0 Å². The van der Waals surface area contributed by atoms with Crippen LogP contribution in [0.1, 0.15) is 24.3 Å². The molecule has 0 aliphatic carbocycles. The molecule has 1 aromatic heterocycles. The minimum atomic E-state index is -0.0940. The zero-order valence-corrected chi connectivity index (χ0v) is 15.0. The van der Waals surface area contributed by atoms with E-state index in [4.69, 9.17) is 4.42 Å². The highest BCUT2D eigenvalue weighted by molar-refractivity contribution is 8.00. The molecule has 0 N–H and O–H groups in total. The van der Waals surface area contributed by atoms with Crippen LogP contribution in [-0.2, 0) is 4.79 Å². The van der Waals surface area contributed by atoms with Gasteiger partial charge in [0.1, 0.15) is 11.3 Å². The Morgan fingerprint density at radius 1 is 1.17 bits per heavy atom. The van der Waals surface area contributed by atoms with Gasteiger partial charge in [-0.15, -0.1) is 11.8 Å². The van der Waals surface area contributed by atoms with Gasteiger partial charge >= 0.3 is 0 Å². The van der Waals surface area contributed by atoms with E-state index in [0.717, 1.165) is 21.6 Å². The van der Waals surface area contributed by atoms with E-state index >= 15 is 0 Å². The Morgan fingerprint density at radius 3 is 2.58 bits per heavy atom. The zero-order valence-electron chi connectivity index (χ0n) is 14.2. The standard InChI is InChI=1S/C20H21NO2S/c1-14-8-10-17(11-9-14)24-13-20(22)21(3)15(2)19-12-16-6-4-5-7-18(16)23-19/h4-12,15H,13H2,1-3H3. The minimum absolute atomic E-state index is 0.0912. The molecule has 0 fully saturated rings. The number of para-hydroxylation sites is 1. The van der Waals surface area contributed by atoms with E-state index in [9.17, 15) is 4.79 Å². The first-order valence-electron chi connectivity index (χ1n) is 7.98. The molecule has 1 atom stereocenters. The molecule has 1 amide bonds. The molecule has 3 aromatic rings. The normalized spacial score (nSPS) is 12.3. The summed E-state index contributed by atoms with van der Waals surface area (Å²) in [6.45, 7) is 4.05. The number of furan rings is 1. The first-order chi connectivity index (χ1) is 11.5. The molecule has 0 spiro atoms. The summed E-state index contributed by atoms with van der Waals surface area (Å²) < 4.78 is 5.88. The number of carbonyl (C=O) groups excluding carboxylic acids is 1. The third-order valence-corrected chi connectivity index (χ3v) is 5.21. The highest BCUT2D eigenvalue weighted by Gasteiger charge is 2.20. The molecule has 3 rings (SSSR count). The fraction of sp³-hybridized carbons (Fsp3) is 0.250. The Bertz CT molecular complexity index is 805. The second-order valence-electron chi connectivity index (χ2n) is 5.97. The van der Waals surface area contributed by atoms with Crippen molar-refractivity contribution in [1.82, 2.24) is 4.90 Å². The van der Waals surface area contributed by atoms with Gasteiger partial charge in [0.15, 0.2) is 0 Å². The quantitative estimate of drug-likeness (QED) is 0.610. The van der Waals surface area contributed by atoms with Crippen molar-refractivity contribution in [2.24, 2.45) is 0 Å². The summed E-state index contributed by atoms with van der Waals surface area (Å²) in [6, 6.07) is 18.0. The van der Waals surface area contributed by atoms with Gasteiger partial charge in [0, 0.05) is 17.3 Å². The molecule has 0 saturated heterocycles. The number of hydrogen-bond donors (Lipinski definition) is 0. The molecule has 0 aliphatic heterocycles. The molecule has 2 aromatic carbocycles. The van der Waals surface area contributed by atoms with E-state index < -0.39 is 0 Å². The van der Waals surface area contributed by atoms with E-state index in [1.54, 1.807) is 16.7 Å². The second kappa shape index (κ2) is 7.14. The number of fused-ring (bicyclic) bond motifs is 1. The number of thioether (sulfide) groups is 1. The van der Waals surface area contributed by atoms with Crippen LogP contribution in [-0.4, -0.2) is 23.6 Å². The summed E-state index contributed by atoms with van der Waals surface area (Å²) in [6.07, 6.45) is 0. The Balaban J connectivity index is 1.64. The van der Waals surface area contributed by atoms with Crippen molar-refractivity contribution in [3.8, 4) is 0 Å². The first kappa shape index (κ1) is 16.7. The Kier molecular flexibility index (Phi) is 4.95. The lowest BCUT2D eigenvalue weighted by atomic mass is 10.2. The van der Waals surface area contributed by atoms with Gasteiger partial charge in [-0.05, 0) is 38.1 Å². The van der Waals surface area contributed by atoms with Gasteiger partial charge in [-0.1, -0.05) is 35.9 Å². The molecule has 1 unspecified atom stereocenters. The van der Waals surface area contributed by atoms with Gasteiger partial charge < -0.3 is 9.32 Å². The molecular weight excluding hydrogens is 318 g/mol. The molecule has 24 heavy (non-hydrogen) atoms. The SMILES string of the molecule is Cc1ccc(SCC(=O)N(C)C(C)c2cc3ccccc3o2)cc1. The molecule has 0 aliphatic rings. The van der Waals surface area contributed by atoms with E-state index in [2.05, 4.69) is 31.2 Å². The van der Waals surface area contributed by atoms with Crippen molar-refractivity contribution in [2.75, 3.05) is 12.8 Å². The molecule has 0 saturated carbocycles. The van der Waals surface area contributed by atoms with Gasteiger partial charge in [-0.3, -0.25) is 4.79 Å². The summed E-state index contributed by atoms with van der Waals surface area (Å²) in [4.78, 5) is 15.3. The monoisotopic (exact) mass is 339 g/mol. The lowest BCUT2D eigenvalue weighted by molar-refractivity contribution is -0.129. The number of rotatable bonds is 5. The van der Waals surface area contributed by atoms with E-state index in [1.807, 2.05) is 44.3 Å². The van der Waals surface area contributed by atoms with Gasteiger partial charge in [0.2, 0.25) is 5.91 Å². The van der Waals surface area contributed by atoms with Crippen LogP contribution in [0.3, 0.4) is 0 Å². The number of hydrogen-bond acceptors (Lipinski definition) is 3. The number of amides is 1. The fourth-order valence-corrected chi connectivity index (χ4v) is 3.32. The number of aryl methyl sites for hydroxylation is 1. The van der Waals surface area contributed by atoms with E-state index in [-0.39, 0.29) is 11.9 Å². The van der Waals surface area contributed by atoms with Crippen LogP contribution in [0.25, 0.3) is 11.0 Å². The molecule has 4 heteroatoms. The summed E-state index contributed by atoms with van der Waals surface area (Å²) in [5.74, 6) is 1.32. The van der Waals surface area contributed by atoms with Crippen LogP contribution in [0.2, 0.25) is 0 Å². The highest BCUT2D eigenvalue weighted by Crippen LogP contribution is 2.27. The molecule has 0 radical (unpaired) electrons. The summed E-state index contributed by atoms with van der Waals surface area (Å²) >= 11 is 1.56. The predicted octanol–water partition coefficient (Wildman–Crippen LogP) is 5.05. The lowest BCUT2D eigenvalue weighted by Gasteiger charge is -2.23. The Labute approximate surface area is 146 Å². The van der Waals surface area contributed by atoms with Gasteiger partial charge in [-0.25, -0.2) is 0 Å². The number of carbonyl (C=O) groups is 1. The van der Waals surface area contributed by atoms with Crippen LogP contribution in [0.15, 0.2) is 63.9 Å². The van der Waals surface area contributed by atoms with Crippen molar-refractivity contribution in [2.45, 2.75) is 24.8 Å². The van der Waals surface area contributed by atoms with E-state index in [1.165, 1.54) is 5.56 Å². The van der Waals surface area contributed by atoms with Crippen molar-refractivity contribution >= 4 is 28.6 Å². The van der Waals surface area contributed by atoms with Crippen molar-refractivity contribution in [3.63, 3.8) is 0 Å². The first-order valence-corrected chi connectivity index (χ1v) is 8.97. The second-order valence-corrected chi connectivity index (χ2v) is 7.02. The summed E-state index contributed by atoms with van der Waals surface area (Å²) in [5.41, 5.74) is 2.08. The molecule has 3 nitrogen and oxygen atoms in total. The van der Waals surface area contributed by atoms with Crippen molar-refractivity contribution < 1.29 is 9.21 Å². The van der Waals surface area contributed by atoms with Crippen LogP contribution in [0.5, 0.6) is 0 Å². The van der Waals surface area contributed by atoms with Gasteiger partial charge in [-0.2, -0.15) is 0 Å². The van der Waals surface area contributed by atoms with Gasteiger partial charge in [0.05, 0.1) is 11.8 Å². The maximum absolute atomic E-state index is 12.5. The topological polar surface area (TPSA) is 33.5 Å². The number of nitrogens with zero attached hydrogens (tertiary/aromatic N) is 1. The molecular formula is C20H21NO2S. The van der Waals surface area contributed by atoms with E-state index in [0.29, 0.717) is 5.75 Å². The van der Waals surface area contributed by atoms with Crippen molar-refractivity contribution in [1.29, 1.82) is 0 Å². The van der Waals surface area contributed by atoms with Crippen molar-refractivity contribution in [3.05, 3.63) is 65.9 Å². The zero-order chi connectivity index (χ0) is 17.1. The largest absolute Gasteiger partial charge is 0.459 e. The third kappa shape index (κ3) is 3.65. The average Bonchev–Trinajstić information content (AvgIpc) is 3.03. The van der Waals surface area contributed by atoms with Crippen LogP contribution >= 0.6 is 11.8 Å². The van der Waals surface area contributed by atoms with Crippen LogP contribution in [0, 0.1) is 6.92 Å². The molecule has 1 heterocycles. The molecule has 124 valence electrons. The molecule has 0 bridgehead atoms. The van der Waals surface area contributed by atoms with Crippen LogP contribution in [0.4, 0.5) is 0 Å². The Hall–Kier alpha value is -2.20. The summed E-state index contributed by atoms with van der Waals surface area (Å²) in [7, 11) is 1.83. The maximum Gasteiger partial charge on any atom is 0.233 e. The average molecular weight is 339 g/mol. The Morgan fingerprint density at radius 2 is 1.88 bits per heavy atom. The smallest absolute Gasteiger partial charge is 0.233 e. The highest BCUT2D eigenvalue weighted by atomic mass is 32.2. The fourth-order valence-electron chi connectivity index (χ4n) is 2.50. The predicted molar refractivity (Wildman–Crippen MR) is 99.3 cm³/mol. The maximum atomic E-state index is 12.5. The minimum Gasteiger partial charge on any atom is -0.459 e. The number of benzene rings is 2. The van der Waals surface area contributed by atoms with Crippen LogP contribution < -0.4 is 0 Å².